The van der Waals surface area contributed by atoms with E-state index in [0.29, 0.717) is 0 Å². The van der Waals surface area contributed by atoms with Crippen LogP contribution in [-0.4, -0.2) is 27.7 Å². The number of carbonyl (C=O) groups excluding carboxylic acids is 3. The zero-order valence-electron chi connectivity index (χ0n) is 12.4. The van der Waals surface area contributed by atoms with Crippen molar-refractivity contribution < 1.29 is 19.3 Å². The average Bonchev–Trinajstić information content (AvgIpc) is 3.24. The Balaban J connectivity index is 1.51. The molecule has 1 heterocycles. The number of fused-ring (bicyclic) bond motifs is 5. The molecule has 1 saturated carbocycles. The molecule has 8 heteroatoms. The predicted octanol–water partition coefficient (Wildman–Crippen LogP) is 1.05. The minimum absolute atomic E-state index is 0.0673. The molecular weight excluding hydrogens is 314 g/mol. The number of nitro groups is 1. The van der Waals surface area contributed by atoms with Gasteiger partial charge in [0.25, 0.3) is 23.4 Å². The molecule has 2 fully saturated rings. The monoisotopic (exact) mass is 327 g/mol. The zero-order chi connectivity index (χ0) is 17.0. The summed E-state index contributed by atoms with van der Waals surface area (Å²) in [6.07, 6.45) is 4.76. The van der Waals surface area contributed by atoms with Gasteiger partial charge in [0.2, 0.25) is 0 Å². The lowest BCUT2D eigenvalue weighted by atomic mass is 9.85. The molecule has 1 aliphatic heterocycles. The molecular formula is C16H13N3O5. The molecule has 0 radical (unpaired) electrons. The number of amides is 3. The molecule has 1 N–H and O–H groups in total. The number of rotatable bonds is 3. The number of imide groups is 1. The highest BCUT2D eigenvalue weighted by Gasteiger charge is 2.59. The van der Waals surface area contributed by atoms with Crippen LogP contribution >= 0.6 is 0 Å². The third-order valence-electron chi connectivity index (χ3n) is 5.02. The summed E-state index contributed by atoms with van der Waals surface area (Å²) in [6.45, 7) is 0. The summed E-state index contributed by atoms with van der Waals surface area (Å²) in [5, 5.41) is 11.4. The van der Waals surface area contributed by atoms with Gasteiger partial charge in [-0.25, -0.2) is 0 Å². The summed E-state index contributed by atoms with van der Waals surface area (Å²) in [6, 6.07) is 4.96. The Morgan fingerprint density at radius 2 is 1.62 bits per heavy atom. The van der Waals surface area contributed by atoms with Crippen LogP contribution in [0.25, 0.3) is 0 Å². The van der Waals surface area contributed by atoms with Crippen LogP contribution in [-0.2, 0) is 9.59 Å². The highest BCUT2D eigenvalue weighted by Crippen LogP contribution is 2.52. The van der Waals surface area contributed by atoms with E-state index in [0.717, 1.165) is 11.4 Å². The summed E-state index contributed by atoms with van der Waals surface area (Å²) in [4.78, 5) is 47.2. The van der Waals surface area contributed by atoms with Gasteiger partial charge in [-0.05, 0) is 30.4 Å². The second-order valence-corrected chi connectivity index (χ2v) is 6.26. The molecule has 3 amide bonds. The van der Waals surface area contributed by atoms with E-state index in [-0.39, 0.29) is 46.7 Å². The molecule has 8 nitrogen and oxygen atoms in total. The van der Waals surface area contributed by atoms with Crippen molar-refractivity contribution in [3.8, 4) is 0 Å². The van der Waals surface area contributed by atoms with Crippen LogP contribution < -0.4 is 5.43 Å². The molecule has 1 saturated heterocycles. The Bertz CT molecular complexity index is 770. The van der Waals surface area contributed by atoms with E-state index in [9.17, 15) is 24.5 Å². The van der Waals surface area contributed by atoms with Gasteiger partial charge >= 0.3 is 0 Å². The minimum atomic E-state index is -0.646. The van der Waals surface area contributed by atoms with Gasteiger partial charge in [0.05, 0.1) is 16.8 Å². The first-order valence-corrected chi connectivity index (χ1v) is 7.59. The van der Waals surface area contributed by atoms with Crippen molar-refractivity contribution in [2.45, 2.75) is 6.42 Å². The number of hydrogen-bond donors (Lipinski definition) is 1. The largest absolute Gasteiger partial charge is 0.272 e. The van der Waals surface area contributed by atoms with Crippen molar-refractivity contribution in [1.82, 2.24) is 10.4 Å². The highest BCUT2D eigenvalue weighted by atomic mass is 16.6. The summed E-state index contributed by atoms with van der Waals surface area (Å²) >= 11 is 0. The van der Waals surface area contributed by atoms with E-state index in [1.165, 1.54) is 24.3 Å². The number of hydrazine groups is 1. The van der Waals surface area contributed by atoms with E-state index in [1.807, 2.05) is 12.2 Å². The number of non-ortho nitro benzene ring substituents is 1. The zero-order valence-corrected chi connectivity index (χ0v) is 12.4. The van der Waals surface area contributed by atoms with E-state index < -0.39 is 10.8 Å². The second kappa shape index (κ2) is 4.98. The maximum atomic E-state index is 12.5. The van der Waals surface area contributed by atoms with E-state index in [1.54, 1.807) is 0 Å². The third kappa shape index (κ3) is 1.96. The van der Waals surface area contributed by atoms with E-state index in [2.05, 4.69) is 5.43 Å². The number of hydrogen-bond acceptors (Lipinski definition) is 5. The molecule has 0 aromatic heterocycles. The van der Waals surface area contributed by atoms with Gasteiger partial charge in [-0.3, -0.25) is 29.9 Å². The first-order valence-electron chi connectivity index (χ1n) is 7.59. The topological polar surface area (TPSA) is 110 Å². The molecule has 24 heavy (non-hydrogen) atoms. The van der Waals surface area contributed by atoms with Gasteiger partial charge in [0, 0.05) is 17.7 Å². The van der Waals surface area contributed by atoms with Gasteiger partial charge in [0.1, 0.15) is 0 Å². The molecule has 1 aromatic rings. The normalized spacial score (nSPS) is 29.9. The molecule has 2 bridgehead atoms. The van der Waals surface area contributed by atoms with Crippen molar-refractivity contribution >= 4 is 23.4 Å². The molecule has 3 aliphatic rings. The van der Waals surface area contributed by atoms with Crippen molar-refractivity contribution in [1.29, 1.82) is 0 Å². The lowest BCUT2D eigenvalue weighted by Gasteiger charge is -2.17. The van der Waals surface area contributed by atoms with Crippen LogP contribution in [0.1, 0.15) is 16.8 Å². The summed E-state index contributed by atoms with van der Waals surface area (Å²) in [5.74, 6) is -2.04. The molecule has 1 aromatic carbocycles. The Morgan fingerprint density at radius 1 is 1.08 bits per heavy atom. The van der Waals surface area contributed by atoms with Crippen molar-refractivity contribution in [2.75, 3.05) is 0 Å². The minimum Gasteiger partial charge on any atom is -0.272 e. The number of nitrogens with one attached hydrogen (secondary N) is 1. The molecule has 0 unspecified atom stereocenters. The lowest BCUT2D eigenvalue weighted by Crippen LogP contribution is -2.47. The van der Waals surface area contributed by atoms with E-state index >= 15 is 0 Å². The fourth-order valence-corrected chi connectivity index (χ4v) is 3.91. The standard InChI is InChI=1S/C16H13N3O5/c20-14(8-3-5-11(6-4-8)19(23)24)17-18-15(21)12-9-1-2-10(7-9)13(12)16(18)22/h1-6,9-10,12-13H,7H2,(H,17,20)/t9-,10-,12-,13-/m0/s1. The summed E-state index contributed by atoms with van der Waals surface area (Å²) < 4.78 is 0. The first-order chi connectivity index (χ1) is 11.5. The van der Waals surface area contributed by atoms with Crippen LogP contribution in [0.5, 0.6) is 0 Å². The second-order valence-electron chi connectivity index (χ2n) is 6.26. The van der Waals surface area contributed by atoms with Crippen LogP contribution in [0, 0.1) is 33.8 Å². The van der Waals surface area contributed by atoms with Crippen LogP contribution in [0.3, 0.4) is 0 Å². The number of nitrogens with zero attached hydrogens (tertiary/aromatic N) is 2. The fourth-order valence-electron chi connectivity index (χ4n) is 3.91. The maximum absolute atomic E-state index is 12.5. The average molecular weight is 327 g/mol. The van der Waals surface area contributed by atoms with Crippen molar-refractivity contribution in [3.05, 3.63) is 52.1 Å². The smallest absolute Gasteiger partial charge is 0.270 e. The molecule has 4 rings (SSSR count). The van der Waals surface area contributed by atoms with Gasteiger partial charge in [-0.15, -0.1) is 0 Å². The number of allylic oxidation sites excluding steroid dienone is 2. The predicted molar refractivity (Wildman–Crippen MR) is 80.1 cm³/mol. The number of carbonyl (C=O) groups is 3. The number of benzene rings is 1. The van der Waals surface area contributed by atoms with Gasteiger partial charge in [-0.1, -0.05) is 12.2 Å². The molecule has 0 spiro atoms. The summed E-state index contributed by atoms with van der Waals surface area (Å²) in [7, 11) is 0. The van der Waals surface area contributed by atoms with Gasteiger partial charge in [0.15, 0.2) is 0 Å². The Morgan fingerprint density at radius 3 is 2.12 bits per heavy atom. The number of nitro benzene ring substituents is 1. The summed E-state index contributed by atoms with van der Waals surface area (Å²) in [5.41, 5.74) is 2.34. The van der Waals surface area contributed by atoms with Crippen LogP contribution in [0.2, 0.25) is 0 Å². The quantitative estimate of drug-likeness (QED) is 0.386. The molecule has 2 aliphatic carbocycles. The Labute approximate surface area is 136 Å². The van der Waals surface area contributed by atoms with Crippen molar-refractivity contribution in [2.24, 2.45) is 23.7 Å². The highest BCUT2D eigenvalue weighted by molar-refractivity contribution is 6.08. The third-order valence-corrected chi connectivity index (χ3v) is 5.02. The van der Waals surface area contributed by atoms with Gasteiger partial charge in [-0.2, -0.15) is 5.01 Å². The Kier molecular flexibility index (Phi) is 3.02. The molecule has 122 valence electrons. The maximum Gasteiger partial charge on any atom is 0.270 e. The van der Waals surface area contributed by atoms with Crippen molar-refractivity contribution in [3.63, 3.8) is 0 Å². The Hall–Kier alpha value is -3.03. The van der Waals surface area contributed by atoms with Crippen LogP contribution in [0.15, 0.2) is 36.4 Å². The fraction of sp³-hybridized carbons (Fsp3) is 0.312. The van der Waals surface area contributed by atoms with Crippen LogP contribution in [0.4, 0.5) is 5.69 Å². The SMILES string of the molecule is O=C(NN1C(=O)[C@@H]2[C@@H](C1=O)[C@H]1C=C[C@H]2C1)c1ccc([N+](=O)[O-])cc1. The first kappa shape index (κ1) is 14.6. The van der Waals surface area contributed by atoms with Gasteiger partial charge < -0.3 is 0 Å². The molecule has 4 atom stereocenters. The lowest BCUT2D eigenvalue weighted by molar-refractivity contribution is -0.384. The van der Waals surface area contributed by atoms with E-state index in [4.69, 9.17) is 0 Å².